The molecular formula is C12H23NO. The molecule has 0 radical (unpaired) electrons. The molecule has 2 heteroatoms. The number of hydrogen-bond donors (Lipinski definition) is 1. The molecule has 82 valence electrons. The number of aliphatic hydroxyl groups excluding tert-OH is 1. The van der Waals surface area contributed by atoms with E-state index in [-0.39, 0.29) is 6.23 Å². The Labute approximate surface area is 87.6 Å². The van der Waals surface area contributed by atoms with Crippen molar-refractivity contribution in [2.75, 3.05) is 6.54 Å². The van der Waals surface area contributed by atoms with E-state index >= 15 is 0 Å². The van der Waals surface area contributed by atoms with Crippen LogP contribution in [0.25, 0.3) is 0 Å². The van der Waals surface area contributed by atoms with E-state index in [9.17, 15) is 5.11 Å². The Hall–Kier alpha value is -0.340. The van der Waals surface area contributed by atoms with Gasteiger partial charge in [-0.05, 0) is 32.6 Å². The Balaban J connectivity index is 2.64. The second-order valence-corrected chi connectivity index (χ2v) is 4.85. The van der Waals surface area contributed by atoms with Crippen LogP contribution in [0.3, 0.4) is 0 Å². The van der Waals surface area contributed by atoms with Crippen LogP contribution in [0, 0.1) is 5.92 Å². The van der Waals surface area contributed by atoms with Crippen molar-refractivity contribution in [3.63, 3.8) is 0 Å². The normalized spacial score (nSPS) is 25.4. The second-order valence-electron chi connectivity index (χ2n) is 4.85. The minimum Gasteiger partial charge on any atom is -0.378 e. The van der Waals surface area contributed by atoms with Crippen molar-refractivity contribution in [2.45, 2.75) is 52.8 Å². The van der Waals surface area contributed by atoms with Gasteiger partial charge in [0.15, 0.2) is 0 Å². The standard InChI is InChI=1S/C12H23NO/c1-9(2)8-11-6-5-7-13(11)12(14)10(3)4/h8,10-12,14H,5-7H2,1-4H3. The highest BCUT2D eigenvalue weighted by atomic mass is 16.3. The molecule has 1 N–H and O–H groups in total. The zero-order valence-electron chi connectivity index (χ0n) is 9.83. The number of allylic oxidation sites excluding steroid dienone is 1. The SMILES string of the molecule is CC(C)=CC1CCCN1C(O)C(C)C. The Bertz CT molecular complexity index is 206. The van der Waals surface area contributed by atoms with Gasteiger partial charge in [0.25, 0.3) is 0 Å². The maximum Gasteiger partial charge on any atom is 0.110 e. The van der Waals surface area contributed by atoms with Crippen molar-refractivity contribution in [1.82, 2.24) is 4.90 Å². The Morgan fingerprint density at radius 3 is 2.57 bits per heavy atom. The van der Waals surface area contributed by atoms with Gasteiger partial charge in [-0.2, -0.15) is 0 Å². The number of nitrogens with zero attached hydrogens (tertiary/aromatic N) is 1. The number of rotatable bonds is 3. The molecule has 2 unspecified atom stereocenters. The molecule has 0 amide bonds. The number of aliphatic hydroxyl groups is 1. The zero-order valence-corrected chi connectivity index (χ0v) is 9.83. The lowest BCUT2D eigenvalue weighted by Crippen LogP contribution is -2.41. The third-order valence-electron chi connectivity index (χ3n) is 2.80. The average molecular weight is 197 g/mol. The van der Waals surface area contributed by atoms with Crippen LogP contribution in [0.5, 0.6) is 0 Å². The summed E-state index contributed by atoms with van der Waals surface area (Å²) in [6.45, 7) is 9.43. The summed E-state index contributed by atoms with van der Waals surface area (Å²) in [5.74, 6) is 0.321. The highest BCUT2D eigenvalue weighted by Gasteiger charge is 2.29. The van der Waals surface area contributed by atoms with Crippen molar-refractivity contribution in [1.29, 1.82) is 0 Å². The molecular weight excluding hydrogens is 174 g/mol. The van der Waals surface area contributed by atoms with Crippen LogP contribution >= 0.6 is 0 Å². The number of hydrogen-bond acceptors (Lipinski definition) is 2. The molecule has 0 saturated carbocycles. The van der Waals surface area contributed by atoms with Gasteiger partial charge in [0.2, 0.25) is 0 Å². The fourth-order valence-corrected chi connectivity index (χ4v) is 2.09. The summed E-state index contributed by atoms with van der Waals surface area (Å²) in [6, 6.07) is 0.456. The highest BCUT2D eigenvalue weighted by molar-refractivity contribution is 5.04. The van der Waals surface area contributed by atoms with Gasteiger partial charge >= 0.3 is 0 Å². The molecule has 0 spiro atoms. The molecule has 1 saturated heterocycles. The smallest absolute Gasteiger partial charge is 0.110 e. The van der Waals surface area contributed by atoms with Gasteiger partial charge in [-0.1, -0.05) is 25.5 Å². The van der Waals surface area contributed by atoms with Gasteiger partial charge < -0.3 is 5.11 Å². The molecule has 2 atom stereocenters. The van der Waals surface area contributed by atoms with Crippen molar-refractivity contribution < 1.29 is 5.11 Å². The first-order chi connectivity index (χ1) is 6.52. The van der Waals surface area contributed by atoms with Crippen LogP contribution in [0.2, 0.25) is 0 Å². The summed E-state index contributed by atoms with van der Waals surface area (Å²) < 4.78 is 0. The molecule has 0 aromatic rings. The van der Waals surface area contributed by atoms with Crippen LogP contribution in [0.15, 0.2) is 11.6 Å². The maximum absolute atomic E-state index is 10.0. The first-order valence-corrected chi connectivity index (χ1v) is 5.61. The van der Waals surface area contributed by atoms with E-state index in [1.54, 1.807) is 0 Å². The molecule has 1 rings (SSSR count). The first kappa shape index (κ1) is 11.7. The fraction of sp³-hybridized carbons (Fsp3) is 0.833. The molecule has 2 nitrogen and oxygen atoms in total. The molecule has 1 aliphatic rings. The summed E-state index contributed by atoms with van der Waals surface area (Å²) in [5.41, 5.74) is 1.35. The maximum atomic E-state index is 10.0. The van der Waals surface area contributed by atoms with Gasteiger partial charge in [-0.3, -0.25) is 4.90 Å². The molecule has 0 aliphatic carbocycles. The van der Waals surface area contributed by atoms with Gasteiger partial charge in [-0.25, -0.2) is 0 Å². The molecule has 1 fully saturated rings. The van der Waals surface area contributed by atoms with Gasteiger partial charge in [0.05, 0.1) is 0 Å². The van der Waals surface area contributed by atoms with Gasteiger partial charge in [0, 0.05) is 12.6 Å². The van der Waals surface area contributed by atoms with E-state index in [0.717, 1.165) is 6.54 Å². The molecule has 0 bridgehead atoms. The molecule has 0 aromatic heterocycles. The van der Waals surface area contributed by atoms with Crippen LogP contribution in [0.1, 0.15) is 40.5 Å². The van der Waals surface area contributed by atoms with E-state index in [0.29, 0.717) is 12.0 Å². The first-order valence-electron chi connectivity index (χ1n) is 5.61. The lowest BCUT2D eigenvalue weighted by Gasteiger charge is -2.30. The lowest BCUT2D eigenvalue weighted by molar-refractivity contribution is -0.0285. The van der Waals surface area contributed by atoms with Crippen LogP contribution in [0.4, 0.5) is 0 Å². The van der Waals surface area contributed by atoms with E-state index in [1.807, 2.05) is 0 Å². The van der Waals surface area contributed by atoms with Crippen molar-refractivity contribution in [3.8, 4) is 0 Å². The molecule has 0 aromatic carbocycles. The predicted molar refractivity (Wildman–Crippen MR) is 60.0 cm³/mol. The van der Waals surface area contributed by atoms with Crippen LogP contribution in [-0.4, -0.2) is 28.8 Å². The second kappa shape index (κ2) is 4.94. The minimum atomic E-state index is -0.280. The topological polar surface area (TPSA) is 23.5 Å². The summed E-state index contributed by atoms with van der Waals surface area (Å²) in [6.07, 6.45) is 4.39. The van der Waals surface area contributed by atoms with E-state index < -0.39 is 0 Å². The largest absolute Gasteiger partial charge is 0.378 e. The summed E-state index contributed by atoms with van der Waals surface area (Å²) in [7, 11) is 0. The van der Waals surface area contributed by atoms with Gasteiger partial charge in [-0.15, -0.1) is 0 Å². The van der Waals surface area contributed by atoms with Crippen molar-refractivity contribution in [3.05, 3.63) is 11.6 Å². The fourth-order valence-electron chi connectivity index (χ4n) is 2.09. The zero-order chi connectivity index (χ0) is 10.7. The monoisotopic (exact) mass is 197 g/mol. The van der Waals surface area contributed by atoms with Crippen molar-refractivity contribution >= 4 is 0 Å². The highest BCUT2D eigenvalue weighted by Crippen LogP contribution is 2.24. The number of likely N-dealkylation sites (tertiary alicyclic amines) is 1. The third-order valence-corrected chi connectivity index (χ3v) is 2.80. The summed E-state index contributed by atoms with van der Waals surface area (Å²) >= 11 is 0. The molecule has 14 heavy (non-hydrogen) atoms. The minimum absolute atomic E-state index is 0.280. The third kappa shape index (κ3) is 2.82. The van der Waals surface area contributed by atoms with E-state index in [2.05, 4.69) is 38.7 Å². The quantitative estimate of drug-likeness (QED) is 0.702. The van der Waals surface area contributed by atoms with E-state index in [1.165, 1.54) is 18.4 Å². The summed E-state index contributed by atoms with van der Waals surface area (Å²) in [4.78, 5) is 2.22. The van der Waals surface area contributed by atoms with Crippen LogP contribution < -0.4 is 0 Å². The Morgan fingerprint density at radius 2 is 2.07 bits per heavy atom. The van der Waals surface area contributed by atoms with Crippen LogP contribution in [-0.2, 0) is 0 Å². The Morgan fingerprint density at radius 1 is 1.43 bits per heavy atom. The average Bonchev–Trinajstić information content (AvgIpc) is 2.49. The molecule has 1 aliphatic heterocycles. The van der Waals surface area contributed by atoms with Crippen molar-refractivity contribution in [2.24, 2.45) is 5.92 Å². The molecule has 1 heterocycles. The summed E-state index contributed by atoms with van der Waals surface area (Å²) in [5, 5.41) is 10.0. The Kier molecular flexibility index (Phi) is 4.14. The predicted octanol–water partition coefficient (Wildman–Crippen LogP) is 2.39. The van der Waals surface area contributed by atoms with E-state index in [4.69, 9.17) is 0 Å². The van der Waals surface area contributed by atoms with Gasteiger partial charge in [0.1, 0.15) is 6.23 Å². The lowest BCUT2D eigenvalue weighted by atomic mass is 10.1.